The van der Waals surface area contributed by atoms with Crippen LogP contribution >= 0.6 is 0 Å². The number of rotatable bonds is 3. The number of hydrogen-bond acceptors (Lipinski definition) is 4. The Balaban J connectivity index is 1.68. The van der Waals surface area contributed by atoms with Crippen molar-refractivity contribution in [1.29, 1.82) is 0 Å². The van der Waals surface area contributed by atoms with E-state index in [2.05, 4.69) is 10.6 Å². The van der Waals surface area contributed by atoms with E-state index in [1.165, 1.54) is 0 Å². The van der Waals surface area contributed by atoms with Crippen LogP contribution in [-0.2, 0) is 9.59 Å². The Kier molecular flexibility index (Phi) is 4.37. The highest BCUT2D eigenvalue weighted by Crippen LogP contribution is 2.34. The summed E-state index contributed by atoms with van der Waals surface area (Å²) in [4.78, 5) is 24.2. The largest absolute Gasteiger partial charge is 0.454 e. The summed E-state index contributed by atoms with van der Waals surface area (Å²) in [7, 11) is 0. The first kappa shape index (κ1) is 15.9. The third-order valence-electron chi connectivity index (χ3n) is 3.67. The SMILES string of the molecule is CC(C)c1ccccc1NC(=O)C(=O)Nc1ccc2c(c1)OCO2. The molecule has 0 bridgehead atoms. The molecule has 0 fully saturated rings. The van der Waals surface area contributed by atoms with Gasteiger partial charge in [-0.25, -0.2) is 0 Å². The van der Waals surface area contributed by atoms with Gasteiger partial charge >= 0.3 is 11.8 Å². The van der Waals surface area contributed by atoms with Gasteiger partial charge in [0, 0.05) is 17.4 Å². The van der Waals surface area contributed by atoms with Crippen molar-refractivity contribution in [3.63, 3.8) is 0 Å². The second-order valence-electron chi connectivity index (χ2n) is 5.72. The maximum Gasteiger partial charge on any atom is 0.314 e. The van der Waals surface area contributed by atoms with Crippen LogP contribution in [0.3, 0.4) is 0 Å². The van der Waals surface area contributed by atoms with Crippen LogP contribution in [0.4, 0.5) is 11.4 Å². The number of ether oxygens (including phenoxy) is 2. The van der Waals surface area contributed by atoms with Gasteiger partial charge in [-0.3, -0.25) is 9.59 Å². The zero-order chi connectivity index (χ0) is 17.1. The van der Waals surface area contributed by atoms with Crippen molar-refractivity contribution < 1.29 is 19.1 Å². The topological polar surface area (TPSA) is 76.7 Å². The van der Waals surface area contributed by atoms with Crippen LogP contribution in [0.5, 0.6) is 11.5 Å². The number of carbonyl (C=O) groups is 2. The van der Waals surface area contributed by atoms with E-state index in [4.69, 9.17) is 9.47 Å². The van der Waals surface area contributed by atoms with Gasteiger partial charge < -0.3 is 20.1 Å². The molecule has 0 aliphatic carbocycles. The molecule has 1 aliphatic rings. The molecule has 124 valence electrons. The Morgan fingerprint density at radius 2 is 1.67 bits per heavy atom. The Morgan fingerprint density at radius 1 is 0.958 bits per heavy atom. The Hall–Kier alpha value is -3.02. The fraction of sp³-hybridized carbons (Fsp3) is 0.222. The molecule has 2 N–H and O–H groups in total. The lowest BCUT2D eigenvalue weighted by Crippen LogP contribution is -2.29. The highest BCUT2D eigenvalue weighted by atomic mass is 16.7. The number of carbonyl (C=O) groups excluding carboxylic acids is 2. The summed E-state index contributed by atoms with van der Waals surface area (Å²) in [5, 5.41) is 5.21. The van der Waals surface area contributed by atoms with Crippen LogP contribution in [0, 0.1) is 0 Å². The summed E-state index contributed by atoms with van der Waals surface area (Å²) in [5.74, 6) is -0.0757. The minimum Gasteiger partial charge on any atom is -0.454 e. The zero-order valence-electron chi connectivity index (χ0n) is 13.5. The second kappa shape index (κ2) is 6.62. The number of hydrogen-bond donors (Lipinski definition) is 2. The van der Waals surface area contributed by atoms with E-state index in [0.29, 0.717) is 22.9 Å². The van der Waals surface area contributed by atoms with Gasteiger partial charge in [0.05, 0.1) is 0 Å². The number of anilines is 2. The highest BCUT2D eigenvalue weighted by molar-refractivity contribution is 6.43. The maximum atomic E-state index is 12.1. The van der Waals surface area contributed by atoms with E-state index >= 15 is 0 Å². The summed E-state index contributed by atoms with van der Waals surface area (Å²) >= 11 is 0. The predicted molar refractivity (Wildman–Crippen MR) is 90.4 cm³/mol. The van der Waals surface area contributed by atoms with Crippen LogP contribution in [-0.4, -0.2) is 18.6 Å². The van der Waals surface area contributed by atoms with Crippen LogP contribution in [0.25, 0.3) is 0 Å². The maximum absolute atomic E-state index is 12.1. The van der Waals surface area contributed by atoms with Crippen molar-refractivity contribution in [2.45, 2.75) is 19.8 Å². The number of nitrogens with one attached hydrogen (secondary N) is 2. The third kappa shape index (κ3) is 3.32. The molecule has 0 aromatic heterocycles. The van der Waals surface area contributed by atoms with Crippen LogP contribution < -0.4 is 20.1 Å². The minimum atomic E-state index is -0.743. The molecule has 6 heteroatoms. The van der Waals surface area contributed by atoms with Crippen molar-refractivity contribution in [1.82, 2.24) is 0 Å². The quantitative estimate of drug-likeness (QED) is 0.850. The summed E-state index contributed by atoms with van der Waals surface area (Å²) in [5.41, 5.74) is 2.08. The first-order valence-corrected chi connectivity index (χ1v) is 7.65. The molecule has 0 saturated carbocycles. The van der Waals surface area contributed by atoms with Gasteiger partial charge in [-0.15, -0.1) is 0 Å². The van der Waals surface area contributed by atoms with Crippen molar-refractivity contribution in [2.24, 2.45) is 0 Å². The van der Waals surface area contributed by atoms with Gasteiger partial charge in [0.15, 0.2) is 11.5 Å². The molecule has 0 saturated heterocycles. The molecule has 2 aromatic rings. The van der Waals surface area contributed by atoms with Gasteiger partial charge in [0.25, 0.3) is 0 Å². The second-order valence-corrected chi connectivity index (χ2v) is 5.72. The normalized spacial score (nSPS) is 12.1. The van der Waals surface area contributed by atoms with Gasteiger partial charge in [0.2, 0.25) is 6.79 Å². The fourth-order valence-electron chi connectivity index (χ4n) is 2.46. The van der Waals surface area contributed by atoms with Crippen molar-refractivity contribution in [3.8, 4) is 11.5 Å². The van der Waals surface area contributed by atoms with Gasteiger partial charge in [-0.1, -0.05) is 32.0 Å². The first-order chi connectivity index (χ1) is 11.5. The molecular formula is C18H18N2O4. The molecule has 0 atom stereocenters. The van der Waals surface area contributed by atoms with E-state index in [0.717, 1.165) is 5.56 Å². The molecule has 1 heterocycles. The summed E-state index contributed by atoms with van der Waals surface area (Å²) in [6.07, 6.45) is 0. The van der Waals surface area contributed by atoms with E-state index < -0.39 is 11.8 Å². The Morgan fingerprint density at radius 3 is 2.46 bits per heavy atom. The van der Waals surface area contributed by atoms with Crippen molar-refractivity contribution >= 4 is 23.2 Å². The molecule has 0 spiro atoms. The highest BCUT2D eigenvalue weighted by Gasteiger charge is 2.18. The summed E-state index contributed by atoms with van der Waals surface area (Å²) in [6, 6.07) is 12.4. The molecule has 2 amide bonds. The molecule has 3 rings (SSSR count). The Bertz CT molecular complexity index is 786. The van der Waals surface area contributed by atoms with Crippen molar-refractivity contribution in [3.05, 3.63) is 48.0 Å². The van der Waals surface area contributed by atoms with Crippen LogP contribution in [0.1, 0.15) is 25.3 Å². The molecule has 2 aromatic carbocycles. The van der Waals surface area contributed by atoms with E-state index in [1.54, 1.807) is 24.3 Å². The molecule has 24 heavy (non-hydrogen) atoms. The number of amides is 2. The van der Waals surface area contributed by atoms with Gasteiger partial charge in [-0.05, 0) is 29.7 Å². The van der Waals surface area contributed by atoms with E-state index in [9.17, 15) is 9.59 Å². The van der Waals surface area contributed by atoms with Crippen LogP contribution in [0.2, 0.25) is 0 Å². The lowest BCUT2D eigenvalue weighted by Gasteiger charge is -2.13. The summed E-state index contributed by atoms with van der Waals surface area (Å²) in [6.45, 7) is 4.20. The van der Waals surface area contributed by atoms with E-state index in [1.807, 2.05) is 32.0 Å². The lowest BCUT2D eigenvalue weighted by atomic mass is 10.0. The predicted octanol–water partition coefficient (Wildman–Crippen LogP) is 3.12. The summed E-state index contributed by atoms with van der Waals surface area (Å²) < 4.78 is 10.5. The average molecular weight is 326 g/mol. The molecule has 0 unspecified atom stereocenters. The molecule has 6 nitrogen and oxygen atoms in total. The molecule has 1 aliphatic heterocycles. The number of para-hydroxylation sites is 1. The fourth-order valence-corrected chi connectivity index (χ4v) is 2.46. The molecular weight excluding hydrogens is 308 g/mol. The first-order valence-electron chi connectivity index (χ1n) is 7.65. The molecule has 0 radical (unpaired) electrons. The number of fused-ring (bicyclic) bond motifs is 1. The van der Waals surface area contributed by atoms with Gasteiger partial charge in [0.1, 0.15) is 0 Å². The average Bonchev–Trinajstić information content (AvgIpc) is 3.02. The van der Waals surface area contributed by atoms with E-state index in [-0.39, 0.29) is 12.7 Å². The standard InChI is InChI=1S/C18H18N2O4/c1-11(2)13-5-3-4-6-14(13)20-18(22)17(21)19-12-7-8-15-16(9-12)24-10-23-15/h3-9,11H,10H2,1-2H3,(H,19,21)(H,20,22). The van der Waals surface area contributed by atoms with Crippen molar-refractivity contribution in [2.75, 3.05) is 17.4 Å². The minimum absolute atomic E-state index is 0.152. The monoisotopic (exact) mass is 326 g/mol. The lowest BCUT2D eigenvalue weighted by molar-refractivity contribution is -0.133. The Labute approximate surface area is 139 Å². The van der Waals surface area contributed by atoms with Crippen LogP contribution in [0.15, 0.2) is 42.5 Å². The zero-order valence-corrected chi connectivity index (χ0v) is 13.5. The number of benzene rings is 2. The van der Waals surface area contributed by atoms with Gasteiger partial charge in [-0.2, -0.15) is 0 Å². The smallest absolute Gasteiger partial charge is 0.314 e. The third-order valence-corrected chi connectivity index (χ3v) is 3.67.